The molecule has 0 saturated heterocycles. The Morgan fingerprint density at radius 1 is 0.821 bits per heavy atom. The minimum Gasteiger partial charge on any atom is -0.490 e. The monoisotopic (exact) mass is 439 g/mol. The molecule has 3 aromatic rings. The lowest BCUT2D eigenvalue weighted by atomic mass is 10.1. The van der Waals surface area contributed by atoms with E-state index in [0.29, 0.717) is 13.2 Å². The predicted octanol–water partition coefficient (Wildman–Crippen LogP) is 6.60. The van der Waals surface area contributed by atoms with Crippen molar-refractivity contribution in [3.63, 3.8) is 0 Å². The zero-order chi connectivity index (χ0) is 19.8. The van der Waals surface area contributed by atoms with E-state index >= 15 is 0 Å². The summed E-state index contributed by atoms with van der Waals surface area (Å²) < 4.78 is 12.9. The van der Waals surface area contributed by atoms with Crippen LogP contribution in [0, 0.1) is 0 Å². The van der Waals surface area contributed by atoms with Crippen molar-refractivity contribution >= 4 is 21.6 Å². The van der Waals surface area contributed by atoms with Crippen LogP contribution in [-0.4, -0.2) is 6.61 Å². The second-order valence-electron chi connectivity index (χ2n) is 6.49. The SMILES string of the molecule is CCOc1cc(CNc2ccccc2CC)ccc1OCc1ccc(Br)cc1. The highest BCUT2D eigenvalue weighted by Gasteiger charge is 2.08. The number of rotatable bonds is 9. The minimum atomic E-state index is 0.509. The average Bonchev–Trinajstić information content (AvgIpc) is 2.73. The molecule has 0 spiro atoms. The van der Waals surface area contributed by atoms with Crippen molar-refractivity contribution in [2.75, 3.05) is 11.9 Å². The summed E-state index contributed by atoms with van der Waals surface area (Å²) >= 11 is 3.46. The van der Waals surface area contributed by atoms with Crippen molar-refractivity contribution in [3.05, 3.63) is 87.9 Å². The summed E-state index contributed by atoms with van der Waals surface area (Å²) in [5.74, 6) is 1.55. The fourth-order valence-corrected chi connectivity index (χ4v) is 3.25. The van der Waals surface area contributed by atoms with Gasteiger partial charge in [0, 0.05) is 16.7 Å². The van der Waals surface area contributed by atoms with Gasteiger partial charge in [-0.1, -0.05) is 59.3 Å². The quantitative estimate of drug-likeness (QED) is 0.407. The van der Waals surface area contributed by atoms with Gasteiger partial charge in [-0.15, -0.1) is 0 Å². The summed E-state index contributed by atoms with van der Waals surface area (Å²) in [6, 6.07) is 22.7. The maximum Gasteiger partial charge on any atom is 0.161 e. The van der Waals surface area contributed by atoms with Crippen molar-refractivity contribution in [2.24, 2.45) is 0 Å². The van der Waals surface area contributed by atoms with E-state index in [9.17, 15) is 0 Å². The average molecular weight is 440 g/mol. The van der Waals surface area contributed by atoms with Gasteiger partial charge in [0.25, 0.3) is 0 Å². The largest absolute Gasteiger partial charge is 0.490 e. The molecule has 4 heteroatoms. The van der Waals surface area contributed by atoms with E-state index in [1.807, 2.05) is 37.3 Å². The molecule has 0 aliphatic heterocycles. The Bertz CT molecular complexity index is 893. The van der Waals surface area contributed by atoms with E-state index in [-0.39, 0.29) is 0 Å². The standard InChI is InChI=1S/C24H26BrNO2/c1-3-20-7-5-6-8-22(20)26-16-19-11-14-23(24(15-19)27-4-2)28-17-18-9-12-21(25)13-10-18/h5-15,26H,3-4,16-17H2,1-2H3. The molecule has 0 aliphatic carbocycles. The highest BCUT2D eigenvalue weighted by Crippen LogP contribution is 2.30. The van der Waals surface area contributed by atoms with E-state index in [0.717, 1.165) is 40.1 Å². The number of aryl methyl sites for hydroxylation is 1. The van der Waals surface area contributed by atoms with E-state index in [2.05, 4.69) is 64.6 Å². The van der Waals surface area contributed by atoms with Crippen LogP contribution in [0.3, 0.4) is 0 Å². The molecule has 1 N–H and O–H groups in total. The molecule has 3 nitrogen and oxygen atoms in total. The second-order valence-corrected chi connectivity index (χ2v) is 7.41. The number of ether oxygens (including phenoxy) is 2. The molecule has 0 unspecified atom stereocenters. The lowest BCUT2D eigenvalue weighted by Gasteiger charge is -2.15. The van der Waals surface area contributed by atoms with Crippen LogP contribution in [0.25, 0.3) is 0 Å². The zero-order valence-corrected chi connectivity index (χ0v) is 18.0. The van der Waals surface area contributed by atoms with Gasteiger partial charge in [0.1, 0.15) is 6.61 Å². The van der Waals surface area contributed by atoms with Crippen LogP contribution in [-0.2, 0) is 19.6 Å². The van der Waals surface area contributed by atoms with Crippen molar-refractivity contribution in [1.29, 1.82) is 0 Å². The van der Waals surface area contributed by atoms with Crippen LogP contribution in [0.1, 0.15) is 30.5 Å². The summed E-state index contributed by atoms with van der Waals surface area (Å²) in [4.78, 5) is 0. The lowest BCUT2D eigenvalue weighted by Crippen LogP contribution is -2.04. The van der Waals surface area contributed by atoms with Crippen LogP contribution in [0.4, 0.5) is 5.69 Å². The molecular weight excluding hydrogens is 414 g/mol. The van der Waals surface area contributed by atoms with E-state index in [4.69, 9.17) is 9.47 Å². The Morgan fingerprint density at radius 2 is 1.57 bits per heavy atom. The Hall–Kier alpha value is -2.46. The van der Waals surface area contributed by atoms with Gasteiger partial charge in [-0.3, -0.25) is 0 Å². The molecule has 0 amide bonds. The van der Waals surface area contributed by atoms with E-state index in [1.54, 1.807) is 0 Å². The van der Waals surface area contributed by atoms with Gasteiger partial charge >= 0.3 is 0 Å². The number of nitrogens with one attached hydrogen (secondary N) is 1. The summed E-state index contributed by atoms with van der Waals surface area (Å²) in [5.41, 5.74) is 4.78. The maximum atomic E-state index is 6.01. The third-order valence-electron chi connectivity index (χ3n) is 4.50. The van der Waals surface area contributed by atoms with Crippen LogP contribution >= 0.6 is 15.9 Å². The predicted molar refractivity (Wildman–Crippen MR) is 119 cm³/mol. The van der Waals surface area contributed by atoms with Crippen molar-refractivity contribution in [2.45, 2.75) is 33.4 Å². The Morgan fingerprint density at radius 3 is 2.32 bits per heavy atom. The molecule has 0 heterocycles. The lowest BCUT2D eigenvalue weighted by molar-refractivity contribution is 0.269. The van der Waals surface area contributed by atoms with Gasteiger partial charge in [0.2, 0.25) is 0 Å². The first kappa shape index (κ1) is 20.3. The highest BCUT2D eigenvalue weighted by atomic mass is 79.9. The van der Waals surface area contributed by atoms with Crippen molar-refractivity contribution in [3.8, 4) is 11.5 Å². The zero-order valence-electron chi connectivity index (χ0n) is 16.4. The van der Waals surface area contributed by atoms with E-state index in [1.165, 1.54) is 11.3 Å². The second kappa shape index (κ2) is 10.2. The summed E-state index contributed by atoms with van der Waals surface area (Å²) in [5, 5.41) is 3.53. The third kappa shape index (κ3) is 5.52. The number of hydrogen-bond donors (Lipinski definition) is 1. The molecule has 0 radical (unpaired) electrons. The molecular formula is C24H26BrNO2. The van der Waals surface area contributed by atoms with Crippen LogP contribution in [0.5, 0.6) is 11.5 Å². The van der Waals surface area contributed by atoms with Gasteiger partial charge in [0.05, 0.1) is 6.61 Å². The molecule has 28 heavy (non-hydrogen) atoms. The molecule has 0 fully saturated rings. The highest BCUT2D eigenvalue weighted by molar-refractivity contribution is 9.10. The molecule has 3 rings (SSSR count). The molecule has 0 saturated carbocycles. The maximum absolute atomic E-state index is 6.01. The van der Waals surface area contributed by atoms with Crippen molar-refractivity contribution < 1.29 is 9.47 Å². The van der Waals surface area contributed by atoms with Crippen LogP contribution in [0.15, 0.2) is 71.2 Å². The summed E-state index contributed by atoms with van der Waals surface area (Å²) in [7, 11) is 0. The van der Waals surface area contributed by atoms with E-state index < -0.39 is 0 Å². The van der Waals surface area contributed by atoms with Gasteiger partial charge in [-0.2, -0.15) is 0 Å². The molecule has 0 atom stereocenters. The molecule has 0 bridgehead atoms. The smallest absolute Gasteiger partial charge is 0.161 e. The first-order chi connectivity index (χ1) is 13.7. The van der Waals surface area contributed by atoms with Gasteiger partial charge in [-0.05, 0) is 60.4 Å². The molecule has 146 valence electrons. The van der Waals surface area contributed by atoms with Crippen LogP contribution in [0.2, 0.25) is 0 Å². The minimum absolute atomic E-state index is 0.509. The number of anilines is 1. The normalized spacial score (nSPS) is 10.5. The molecule has 0 aliphatic rings. The van der Waals surface area contributed by atoms with Crippen LogP contribution < -0.4 is 14.8 Å². The Balaban J connectivity index is 1.68. The molecule has 3 aromatic carbocycles. The number of hydrogen-bond acceptors (Lipinski definition) is 3. The summed E-state index contributed by atoms with van der Waals surface area (Å²) in [6.45, 7) is 6.01. The van der Waals surface area contributed by atoms with Gasteiger partial charge < -0.3 is 14.8 Å². The molecule has 0 aromatic heterocycles. The third-order valence-corrected chi connectivity index (χ3v) is 5.03. The number of benzene rings is 3. The first-order valence-corrected chi connectivity index (χ1v) is 10.4. The van der Waals surface area contributed by atoms with Gasteiger partial charge in [-0.25, -0.2) is 0 Å². The number of para-hydroxylation sites is 1. The van der Waals surface area contributed by atoms with Gasteiger partial charge in [0.15, 0.2) is 11.5 Å². The Labute approximate surface area is 175 Å². The fraction of sp³-hybridized carbons (Fsp3) is 0.250. The summed E-state index contributed by atoms with van der Waals surface area (Å²) in [6.07, 6.45) is 1.01. The topological polar surface area (TPSA) is 30.5 Å². The fourth-order valence-electron chi connectivity index (χ4n) is 2.99. The van der Waals surface area contributed by atoms with Crippen molar-refractivity contribution in [1.82, 2.24) is 0 Å². The number of halogens is 1. The first-order valence-electron chi connectivity index (χ1n) is 9.64. The Kier molecular flexibility index (Phi) is 7.38.